The lowest BCUT2D eigenvalue weighted by molar-refractivity contribution is -0.117. The fourth-order valence-electron chi connectivity index (χ4n) is 5.58. The number of ether oxygens (including phenoxy) is 1. The number of β-amino-alcohol motifs (C(OH)–C–C–N with tert-alkyl or cyclic N) is 1. The van der Waals surface area contributed by atoms with E-state index in [1.165, 1.54) is 12.1 Å². The SMILES string of the molecule is O=C1CC(CN2CCN(C[C@@H](O)COc3ccc4oc(-c5ccccc5Cl)nc4c3)CC2)CN1c1ccc(F)cc1. The number of nitrogens with zero attached hydrogens (tertiary/aromatic N) is 4. The van der Waals surface area contributed by atoms with Gasteiger partial charge in [-0.25, -0.2) is 9.37 Å². The van der Waals surface area contributed by atoms with Crippen LogP contribution < -0.4 is 9.64 Å². The number of fused-ring (bicyclic) bond motifs is 1. The molecule has 1 unspecified atom stereocenters. The molecule has 214 valence electrons. The molecule has 3 heterocycles. The van der Waals surface area contributed by atoms with Crippen LogP contribution >= 0.6 is 11.6 Å². The van der Waals surface area contributed by atoms with Crippen LogP contribution in [0.4, 0.5) is 10.1 Å². The number of carbonyl (C=O) groups excluding carboxylic acids is 1. The molecule has 0 spiro atoms. The first-order valence-electron chi connectivity index (χ1n) is 13.9. The highest BCUT2D eigenvalue weighted by Crippen LogP contribution is 2.31. The van der Waals surface area contributed by atoms with E-state index in [9.17, 15) is 14.3 Å². The second kappa shape index (κ2) is 12.2. The molecule has 6 rings (SSSR count). The van der Waals surface area contributed by atoms with Crippen LogP contribution in [-0.4, -0.2) is 84.3 Å². The molecule has 2 atom stereocenters. The Morgan fingerprint density at radius 3 is 2.59 bits per heavy atom. The molecule has 10 heteroatoms. The first kappa shape index (κ1) is 27.7. The topological polar surface area (TPSA) is 82.3 Å². The molecule has 3 aromatic carbocycles. The summed E-state index contributed by atoms with van der Waals surface area (Å²) in [5.41, 5.74) is 2.78. The number of rotatable bonds is 9. The molecule has 41 heavy (non-hydrogen) atoms. The average Bonchev–Trinajstić information content (AvgIpc) is 3.56. The summed E-state index contributed by atoms with van der Waals surface area (Å²) < 4.78 is 25.0. The van der Waals surface area contributed by atoms with E-state index >= 15 is 0 Å². The number of aliphatic hydroxyl groups excluding tert-OH is 1. The molecule has 2 saturated heterocycles. The Morgan fingerprint density at radius 1 is 1.05 bits per heavy atom. The Bertz CT molecular complexity index is 1510. The number of aromatic nitrogens is 1. The van der Waals surface area contributed by atoms with Crippen molar-refractivity contribution in [1.29, 1.82) is 0 Å². The van der Waals surface area contributed by atoms with Crippen molar-refractivity contribution in [2.75, 3.05) is 57.3 Å². The van der Waals surface area contributed by atoms with Crippen LogP contribution in [0.2, 0.25) is 5.02 Å². The predicted molar refractivity (Wildman–Crippen MR) is 156 cm³/mol. The number of amides is 1. The third kappa shape index (κ3) is 6.54. The number of benzene rings is 3. The Hall–Kier alpha value is -3.50. The summed E-state index contributed by atoms with van der Waals surface area (Å²) in [5, 5.41) is 11.2. The molecule has 2 aliphatic heterocycles. The van der Waals surface area contributed by atoms with Gasteiger partial charge in [0.2, 0.25) is 11.8 Å². The first-order chi connectivity index (χ1) is 19.9. The van der Waals surface area contributed by atoms with E-state index in [0.29, 0.717) is 47.3 Å². The van der Waals surface area contributed by atoms with Crippen molar-refractivity contribution in [3.8, 4) is 17.2 Å². The summed E-state index contributed by atoms with van der Waals surface area (Å²) in [4.78, 5) is 23.5. The molecular weight excluding hydrogens is 547 g/mol. The molecule has 0 radical (unpaired) electrons. The zero-order valence-corrected chi connectivity index (χ0v) is 23.3. The van der Waals surface area contributed by atoms with E-state index in [4.69, 9.17) is 20.8 Å². The summed E-state index contributed by atoms with van der Waals surface area (Å²) >= 11 is 6.28. The van der Waals surface area contributed by atoms with Gasteiger partial charge in [-0.2, -0.15) is 0 Å². The summed E-state index contributed by atoms with van der Waals surface area (Å²) in [5.74, 6) is 1.10. The predicted octanol–water partition coefficient (Wildman–Crippen LogP) is 4.70. The van der Waals surface area contributed by atoms with Crippen molar-refractivity contribution in [2.45, 2.75) is 12.5 Å². The first-order valence-corrected chi connectivity index (χ1v) is 14.3. The normalized spacial score (nSPS) is 19.2. The molecule has 1 aromatic heterocycles. The van der Waals surface area contributed by atoms with Crippen molar-refractivity contribution >= 4 is 34.3 Å². The van der Waals surface area contributed by atoms with E-state index < -0.39 is 6.10 Å². The van der Waals surface area contributed by atoms with E-state index in [1.807, 2.05) is 18.2 Å². The third-order valence-electron chi connectivity index (χ3n) is 7.70. The molecule has 1 N–H and O–H groups in total. The molecule has 0 aliphatic carbocycles. The van der Waals surface area contributed by atoms with E-state index in [1.54, 1.807) is 41.3 Å². The van der Waals surface area contributed by atoms with Gasteiger partial charge in [0.05, 0.1) is 10.6 Å². The van der Waals surface area contributed by atoms with Crippen LogP contribution in [0.3, 0.4) is 0 Å². The van der Waals surface area contributed by atoms with Crippen molar-refractivity contribution in [1.82, 2.24) is 14.8 Å². The van der Waals surface area contributed by atoms with Gasteiger partial charge < -0.3 is 24.1 Å². The van der Waals surface area contributed by atoms with Gasteiger partial charge in [-0.15, -0.1) is 0 Å². The Balaban J connectivity index is 0.945. The molecule has 1 amide bonds. The Labute approximate surface area is 242 Å². The van der Waals surface area contributed by atoms with Crippen LogP contribution in [-0.2, 0) is 4.79 Å². The lowest BCUT2D eigenvalue weighted by Gasteiger charge is -2.36. The fraction of sp³-hybridized carbons (Fsp3) is 0.355. The van der Waals surface area contributed by atoms with Gasteiger partial charge in [-0.05, 0) is 54.4 Å². The smallest absolute Gasteiger partial charge is 0.228 e. The maximum absolute atomic E-state index is 13.3. The highest BCUT2D eigenvalue weighted by atomic mass is 35.5. The zero-order chi connectivity index (χ0) is 28.3. The van der Waals surface area contributed by atoms with E-state index in [-0.39, 0.29) is 24.2 Å². The Morgan fingerprint density at radius 2 is 1.80 bits per heavy atom. The van der Waals surface area contributed by atoms with Gasteiger partial charge in [0.25, 0.3) is 0 Å². The third-order valence-corrected chi connectivity index (χ3v) is 8.03. The number of hydrogen-bond donors (Lipinski definition) is 1. The van der Waals surface area contributed by atoms with Crippen LogP contribution in [0, 0.1) is 11.7 Å². The quantitative estimate of drug-likeness (QED) is 0.308. The molecule has 2 fully saturated rings. The summed E-state index contributed by atoms with van der Waals surface area (Å²) in [7, 11) is 0. The Kier molecular flexibility index (Phi) is 8.20. The average molecular weight is 579 g/mol. The van der Waals surface area contributed by atoms with Crippen LogP contribution in [0.5, 0.6) is 5.75 Å². The molecule has 4 aromatic rings. The van der Waals surface area contributed by atoms with E-state index in [0.717, 1.165) is 44.0 Å². The maximum atomic E-state index is 13.3. The minimum absolute atomic E-state index is 0.0899. The number of hydrogen-bond acceptors (Lipinski definition) is 7. The van der Waals surface area contributed by atoms with Crippen LogP contribution in [0.25, 0.3) is 22.6 Å². The highest BCUT2D eigenvalue weighted by molar-refractivity contribution is 6.33. The van der Waals surface area contributed by atoms with Crippen molar-refractivity contribution in [3.05, 3.63) is 77.6 Å². The van der Waals surface area contributed by atoms with Gasteiger partial charge in [-0.3, -0.25) is 9.69 Å². The summed E-state index contributed by atoms with van der Waals surface area (Å²) in [6.07, 6.45) is -0.125. The number of halogens is 2. The number of piperazine rings is 1. The number of aliphatic hydroxyl groups is 1. The van der Waals surface area contributed by atoms with E-state index in [2.05, 4.69) is 14.8 Å². The number of anilines is 1. The fourth-order valence-corrected chi connectivity index (χ4v) is 5.80. The lowest BCUT2D eigenvalue weighted by atomic mass is 10.1. The second-order valence-electron chi connectivity index (χ2n) is 10.7. The zero-order valence-electron chi connectivity index (χ0n) is 22.6. The highest BCUT2D eigenvalue weighted by Gasteiger charge is 2.32. The number of oxazole rings is 1. The number of carbonyl (C=O) groups is 1. The lowest BCUT2D eigenvalue weighted by Crippen LogP contribution is -2.50. The monoisotopic (exact) mass is 578 g/mol. The van der Waals surface area contributed by atoms with Gasteiger partial charge >= 0.3 is 0 Å². The van der Waals surface area contributed by atoms with Gasteiger partial charge in [0.15, 0.2) is 5.58 Å². The minimum Gasteiger partial charge on any atom is -0.491 e. The van der Waals surface area contributed by atoms with Crippen molar-refractivity contribution < 1.29 is 23.4 Å². The molecule has 8 nitrogen and oxygen atoms in total. The van der Waals surface area contributed by atoms with Gasteiger partial charge in [0, 0.05) is 64.0 Å². The van der Waals surface area contributed by atoms with Crippen molar-refractivity contribution in [2.24, 2.45) is 5.92 Å². The molecule has 0 saturated carbocycles. The molecule has 0 bridgehead atoms. The summed E-state index contributed by atoms with van der Waals surface area (Å²) in [6, 6.07) is 18.9. The molecular formula is C31H32ClFN4O4. The van der Waals surface area contributed by atoms with Gasteiger partial charge in [0.1, 0.15) is 29.8 Å². The maximum Gasteiger partial charge on any atom is 0.228 e. The largest absolute Gasteiger partial charge is 0.491 e. The van der Waals surface area contributed by atoms with Gasteiger partial charge in [-0.1, -0.05) is 23.7 Å². The molecule has 2 aliphatic rings. The van der Waals surface area contributed by atoms with Crippen LogP contribution in [0.1, 0.15) is 6.42 Å². The van der Waals surface area contributed by atoms with Crippen molar-refractivity contribution in [3.63, 3.8) is 0 Å². The minimum atomic E-state index is -0.634. The standard InChI is InChI=1S/C31H32ClFN4O4/c32-27-4-2-1-3-26(27)31-34-28-16-25(9-10-29(28)41-31)40-20-24(38)19-36-13-11-35(12-14-36)17-21-15-30(39)37(18-21)23-7-5-22(33)6-8-23/h1-10,16,21,24,38H,11-15,17-20H2/t21?,24-/m1/s1. The summed E-state index contributed by atoms with van der Waals surface area (Å²) in [6.45, 7) is 5.65. The van der Waals surface area contributed by atoms with Crippen LogP contribution in [0.15, 0.2) is 71.1 Å². The second-order valence-corrected chi connectivity index (χ2v) is 11.2.